The molecule has 1 aliphatic carbocycles. The van der Waals surface area contributed by atoms with Crippen molar-refractivity contribution in [2.75, 3.05) is 0 Å². The van der Waals surface area contributed by atoms with Gasteiger partial charge in [-0.2, -0.15) is 0 Å². The van der Waals surface area contributed by atoms with Crippen LogP contribution in [0.5, 0.6) is 0 Å². The molecule has 0 aliphatic heterocycles. The number of carbonyl (C=O) groups excluding carboxylic acids is 2. The molecule has 0 spiro atoms. The maximum Gasteiger partial charge on any atom is 0.185 e. The quantitative estimate of drug-likeness (QED) is 0.273. The summed E-state index contributed by atoms with van der Waals surface area (Å²) in [4.78, 5) is 24.5. The van der Waals surface area contributed by atoms with Crippen molar-refractivity contribution in [1.82, 2.24) is 0 Å². The number of Topliss-reactive ketones (excluding diaryl/α,β-unsaturated/α-hetero) is 1. The van der Waals surface area contributed by atoms with Gasteiger partial charge in [0.2, 0.25) is 0 Å². The first-order chi connectivity index (χ1) is 14.0. The van der Waals surface area contributed by atoms with Gasteiger partial charge >= 0.3 is 0 Å². The Kier molecular flexibility index (Phi) is 10.7. The van der Waals surface area contributed by atoms with Gasteiger partial charge in [0.25, 0.3) is 0 Å². The number of hydrogen-bond donors (Lipinski definition) is 0. The summed E-state index contributed by atoms with van der Waals surface area (Å²) in [6.07, 6.45) is 15.4. The predicted octanol–water partition coefficient (Wildman–Crippen LogP) is 7.79. The minimum absolute atomic E-state index is 0.00641. The largest absolute Gasteiger partial charge is 0.290 e. The zero-order valence-corrected chi connectivity index (χ0v) is 20.3. The molecule has 1 unspecified atom stereocenters. The van der Waals surface area contributed by atoms with Gasteiger partial charge in [-0.15, -0.1) is 0 Å². The van der Waals surface area contributed by atoms with Crippen LogP contribution in [0.4, 0.5) is 0 Å². The van der Waals surface area contributed by atoms with E-state index in [0.29, 0.717) is 29.1 Å². The molecular weight excluding hydrogens is 368 g/mol. The van der Waals surface area contributed by atoms with E-state index >= 15 is 0 Å². The highest BCUT2D eigenvalue weighted by Gasteiger charge is 2.22. The second-order valence-corrected chi connectivity index (χ2v) is 9.18. The second-order valence-electron chi connectivity index (χ2n) is 9.18. The van der Waals surface area contributed by atoms with Gasteiger partial charge in [-0.05, 0) is 99.5 Å². The maximum atomic E-state index is 12.4. The van der Waals surface area contributed by atoms with E-state index in [9.17, 15) is 9.59 Å². The van der Waals surface area contributed by atoms with Crippen molar-refractivity contribution in [3.05, 3.63) is 69.4 Å². The molecule has 0 aromatic rings. The lowest BCUT2D eigenvalue weighted by Crippen LogP contribution is -2.16. The summed E-state index contributed by atoms with van der Waals surface area (Å²) < 4.78 is 0. The number of ketones is 2. The number of carbonyl (C=O) groups is 2. The van der Waals surface area contributed by atoms with Gasteiger partial charge in [0.1, 0.15) is 0 Å². The zero-order valence-electron chi connectivity index (χ0n) is 20.3. The Labute approximate surface area is 184 Å². The van der Waals surface area contributed by atoms with Crippen molar-refractivity contribution in [3.8, 4) is 0 Å². The molecule has 0 aromatic heterocycles. The maximum absolute atomic E-state index is 12.4. The van der Waals surface area contributed by atoms with Gasteiger partial charge in [0, 0.05) is 16.7 Å². The van der Waals surface area contributed by atoms with Crippen molar-refractivity contribution < 1.29 is 9.59 Å². The minimum atomic E-state index is -0.0377. The monoisotopic (exact) mass is 408 g/mol. The van der Waals surface area contributed by atoms with Crippen molar-refractivity contribution in [3.63, 3.8) is 0 Å². The van der Waals surface area contributed by atoms with E-state index in [-0.39, 0.29) is 11.6 Å². The highest BCUT2D eigenvalue weighted by atomic mass is 16.1. The molecule has 0 saturated heterocycles. The lowest BCUT2D eigenvalue weighted by atomic mass is 9.88. The molecule has 0 N–H and O–H groups in total. The van der Waals surface area contributed by atoms with Gasteiger partial charge < -0.3 is 0 Å². The van der Waals surface area contributed by atoms with E-state index in [1.807, 2.05) is 0 Å². The average Bonchev–Trinajstić information content (AvgIpc) is 2.65. The number of rotatable bonds is 10. The van der Waals surface area contributed by atoms with Crippen LogP contribution in [0.2, 0.25) is 0 Å². The molecule has 2 nitrogen and oxygen atoms in total. The van der Waals surface area contributed by atoms with Gasteiger partial charge in [-0.1, -0.05) is 46.6 Å². The van der Waals surface area contributed by atoms with E-state index in [0.717, 1.165) is 25.7 Å². The zero-order chi connectivity index (χ0) is 22.8. The first kappa shape index (κ1) is 25.8. The Bertz CT molecular complexity index is 830. The first-order valence-corrected chi connectivity index (χ1v) is 11.1. The standard InChI is InChI=1S/C28H40O2/c1-19(2)10-9-11-21(5)12-14-25(16-20(3)4)17-22(6)13-15-26-18-27(29)23(7)24(8)28(26)30/h10,12-13,16,18,25H,9,11,14-15,17H2,1-8H3/b21-12+,22-13+. The Morgan fingerprint density at radius 2 is 1.53 bits per heavy atom. The Hall–Kier alpha value is -2.22. The molecule has 0 radical (unpaired) electrons. The first-order valence-electron chi connectivity index (χ1n) is 11.1. The molecule has 1 aliphatic rings. The third-order valence-electron chi connectivity index (χ3n) is 5.55. The third kappa shape index (κ3) is 9.07. The predicted molar refractivity (Wildman–Crippen MR) is 129 cm³/mol. The Morgan fingerprint density at radius 3 is 2.13 bits per heavy atom. The Balaban J connectivity index is 2.77. The summed E-state index contributed by atoms with van der Waals surface area (Å²) in [6.45, 7) is 16.4. The number of hydrogen-bond acceptors (Lipinski definition) is 2. The van der Waals surface area contributed by atoms with Crippen molar-refractivity contribution in [2.45, 2.75) is 87.5 Å². The van der Waals surface area contributed by atoms with E-state index in [1.165, 1.54) is 28.4 Å². The molecule has 164 valence electrons. The summed E-state index contributed by atoms with van der Waals surface area (Å²) in [7, 11) is 0. The van der Waals surface area contributed by atoms with Crippen molar-refractivity contribution in [1.29, 1.82) is 0 Å². The van der Waals surface area contributed by atoms with Crippen LogP contribution in [0, 0.1) is 5.92 Å². The topological polar surface area (TPSA) is 34.1 Å². The molecule has 0 bridgehead atoms. The molecular formula is C28H40O2. The fraction of sp³-hybridized carbons (Fsp3) is 0.500. The number of allylic oxidation sites excluding steroid dienone is 12. The van der Waals surface area contributed by atoms with Crippen LogP contribution in [0.25, 0.3) is 0 Å². The molecule has 0 aromatic carbocycles. The molecule has 0 heterocycles. The molecule has 2 heteroatoms. The highest BCUT2D eigenvalue weighted by molar-refractivity contribution is 6.22. The molecule has 0 amide bonds. The van der Waals surface area contributed by atoms with Crippen LogP contribution >= 0.6 is 0 Å². The van der Waals surface area contributed by atoms with Crippen LogP contribution in [0.3, 0.4) is 0 Å². The Morgan fingerprint density at radius 1 is 0.867 bits per heavy atom. The molecule has 1 rings (SSSR count). The van der Waals surface area contributed by atoms with Gasteiger partial charge in [-0.3, -0.25) is 9.59 Å². The van der Waals surface area contributed by atoms with Crippen LogP contribution < -0.4 is 0 Å². The SMILES string of the molecule is CC(C)=CCC/C(C)=C/CC(C=C(C)C)C/C(C)=C/CC1=CC(=O)C(C)=C(C)C1=O. The fourth-order valence-electron chi connectivity index (χ4n) is 3.59. The highest BCUT2D eigenvalue weighted by Crippen LogP contribution is 2.24. The lowest BCUT2D eigenvalue weighted by molar-refractivity contribution is -0.115. The molecule has 0 fully saturated rings. The summed E-state index contributed by atoms with van der Waals surface area (Å²) in [5, 5.41) is 0. The minimum Gasteiger partial charge on any atom is -0.290 e. The van der Waals surface area contributed by atoms with Crippen LogP contribution in [0.15, 0.2) is 69.4 Å². The van der Waals surface area contributed by atoms with Crippen LogP contribution in [0.1, 0.15) is 87.5 Å². The summed E-state index contributed by atoms with van der Waals surface area (Å²) in [5.74, 6) is 0.419. The van der Waals surface area contributed by atoms with Gasteiger partial charge in [-0.25, -0.2) is 0 Å². The summed E-state index contributed by atoms with van der Waals surface area (Å²) in [5.41, 5.74) is 7.17. The van der Waals surface area contributed by atoms with Gasteiger partial charge in [0.05, 0.1) is 0 Å². The lowest BCUT2D eigenvalue weighted by Gasteiger charge is -2.15. The van der Waals surface area contributed by atoms with Crippen molar-refractivity contribution in [2.24, 2.45) is 5.92 Å². The summed E-state index contributed by atoms with van der Waals surface area (Å²) >= 11 is 0. The van der Waals surface area contributed by atoms with E-state index in [4.69, 9.17) is 0 Å². The summed E-state index contributed by atoms with van der Waals surface area (Å²) in [6, 6.07) is 0. The smallest absolute Gasteiger partial charge is 0.185 e. The van der Waals surface area contributed by atoms with Crippen LogP contribution in [-0.2, 0) is 9.59 Å². The van der Waals surface area contributed by atoms with Gasteiger partial charge in [0.15, 0.2) is 11.6 Å². The van der Waals surface area contributed by atoms with E-state index in [2.05, 4.69) is 65.8 Å². The normalized spacial score (nSPS) is 16.5. The van der Waals surface area contributed by atoms with Crippen LogP contribution in [-0.4, -0.2) is 11.6 Å². The van der Waals surface area contributed by atoms with Crippen molar-refractivity contribution >= 4 is 11.6 Å². The third-order valence-corrected chi connectivity index (χ3v) is 5.55. The molecule has 0 saturated carbocycles. The molecule has 1 atom stereocenters. The second kappa shape index (κ2) is 12.5. The average molecular weight is 409 g/mol. The van der Waals surface area contributed by atoms with E-state index in [1.54, 1.807) is 13.8 Å². The fourth-order valence-corrected chi connectivity index (χ4v) is 3.59. The molecule has 30 heavy (non-hydrogen) atoms. The van der Waals surface area contributed by atoms with E-state index < -0.39 is 0 Å².